The number of nitrogens with zero attached hydrogens (tertiary/aromatic N) is 4. The van der Waals surface area contributed by atoms with E-state index in [-0.39, 0.29) is 17.0 Å². The fraction of sp³-hybridized carbons (Fsp3) is 0.469. The monoisotopic (exact) mass is 630 g/mol. The molecule has 0 aliphatic carbocycles. The van der Waals surface area contributed by atoms with Crippen LogP contribution < -0.4 is 4.90 Å². The SMILES string of the molecule is CC1=C(CCCCCCCCN2CCN(S(=O)(=O)Cc3ccccc3)CC2)C(=O)N(c2ccc(C#N)c(C(F)(F)F)c2)C1=O. The molecule has 44 heavy (non-hydrogen) atoms. The summed E-state index contributed by atoms with van der Waals surface area (Å²) in [5, 5.41) is 9.02. The molecule has 1 fully saturated rings. The maximum Gasteiger partial charge on any atom is 0.417 e. The molecule has 0 radical (unpaired) electrons. The van der Waals surface area contributed by atoms with Gasteiger partial charge in [-0.15, -0.1) is 0 Å². The highest BCUT2D eigenvalue weighted by Gasteiger charge is 2.39. The Bertz CT molecular complexity index is 1530. The van der Waals surface area contributed by atoms with Crippen LogP contribution in [-0.2, 0) is 31.5 Å². The number of hydrogen-bond acceptors (Lipinski definition) is 6. The van der Waals surface area contributed by atoms with Crippen LogP contribution in [0.4, 0.5) is 18.9 Å². The summed E-state index contributed by atoms with van der Waals surface area (Å²) in [7, 11) is -3.33. The standard InChI is InChI=1S/C32H37F3N4O4S/c1-24-28(31(41)39(30(24)40)27-15-14-26(22-36)29(21-27)32(33,34)35)13-9-4-2-3-5-10-16-37-17-19-38(20-18-37)44(42,43)23-25-11-7-6-8-12-25/h6-8,11-12,14-15,21H,2-5,9-10,13,16-20,23H2,1H3. The van der Waals surface area contributed by atoms with E-state index >= 15 is 0 Å². The van der Waals surface area contributed by atoms with Gasteiger partial charge in [-0.2, -0.15) is 22.7 Å². The maximum absolute atomic E-state index is 13.4. The molecular formula is C32H37F3N4O4S. The zero-order valence-corrected chi connectivity index (χ0v) is 25.6. The van der Waals surface area contributed by atoms with E-state index in [4.69, 9.17) is 5.26 Å². The fourth-order valence-corrected chi connectivity index (χ4v) is 7.18. The minimum absolute atomic E-state index is 0.0212. The van der Waals surface area contributed by atoms with Crippen molar-refractivity contribution in [1.29, 1.82) is 5.26 Å². The van der Waals surface area contributed by atoms with E-state index in [1.807, 2.05) is 30.3 Å². The van der Waals surface area contributed by atoms with Gasteiger partial charge in [-0.05, 0) is 56.5 Å². The number of benzene rings is 2. The average Bonchev–Trinajstić information content (AvgIpc) is 3.20. The summed E-state index contributed by atoms with van der Waals surface area (Å²) in [6.45, 7) is 4.85. The van der Waals surface area contributed by atoms with Crippen molar-refractivity contribution < 1.29 is 31.2 Å². The number of alkyl halides is 3. The summed E-state index contributed by atoms with van der Waals surface area (Å²) in [6, 6.07) is 13.5. The lowest BCUT2D eigenvalue weighted by molar-refractivity contribution is -0.138. The fourth-order valence-electron chi connectivity index (χ4n) is 5.67. The lowest BCUT2D eigenvalue weighted by atomic mass is 10.0. The van der Waals surface area contributed by atoms with Crippen LogP contribution in [0.3, 0.4) is 0 Å². The molecule has 12 heteroatoms. The first-order valence-corrected chi connectivity index (χ1v) is 16.5. The molecule has 0 saturated carbocycles. The molecule has 4 rings (SSSR count). The summed E-state index contributed by atoms with van der Waals surface area (Å²) in [6.07, 6.45) is 1.10. The number of unbranched alkanes of at least 4 members (excludes halogenated alkanes) is 5. The third-order valence-corrected chi connectivity index (χ3v) is 10.0. The number of imide groups is 1. The largest absolute Gasteiger partial charge is 0.417 e. The first-order chi connectivity index (χ1) is 20.9. The Labute approximate surface area is 256 Å². The van der Waals surface area contributed by atoms with Crippen LogP contribution in [0.1, 0.15) is 68.6 Å². The van der Waals surface area contributed by atoms with Gasteiger partial charge in [0, 0.05) is 37.3 Å². The molecule has 0 atom stereocenters. The molecule has 0 unspecified atom stereocenters. The van der Waals surface area contributed by atoms with E-state index in [1.165, 1.54) is 19.1 Å². The summed E-state index contributed by atoms with van der Waals surface area (Å²) in [5.74, 6) is -1.23. The van der Waals surface area contributed by atoms with Crippen molar-refractivity contribution in [3.8, 4) is 6.07 Å². The predicted octanol–water partition coefficient (Wildman–Crippen LogP) is 5.65. The summed E-state index contributed by atoms with van der Waals surface area (Å²) in [5.41, 5.74) is -0.608. The number of carbonyl (C=O) groups is 2. The van der Waals surface area contributed by atoms with Crippen LogP contribution in [0.2, 0.25) is 0 Å². The van der Waals surface area contributed by atoms with Crippen molar-refractivity contribution in [2.24, 2.45) is 0 Å². The van der Waals surface area contributed by atoms with Gasteiger partial charge >= 0.3 is 6.18 Å². The minimum Gasteiger partial charge on any atom is -0.301 e. The second-order valence-corrected chi connectivity index (χ2v) is 13.2. The van der Waals surface area contributed by atoms with Crippen LogP contribution in [0.25, 0.3) is 0 Å². The Morgan fingerprint density at radius 2 is 1.50 bits per heavy atom. The number of rotatable bonds is 13. The van der Waals surface area contributed by atoms with E-state index in [1.54, 1.807) is 4.31 Å². The zero-order chi connectivity index (χ0) is 31.9. The number of halogens is 3. The zero-order valence-electron chi connectivity index (χ0n) is 24.8. The Kier molecular flexibility index (Phi) is 11.0. The molecule has 1 saturated heterocycles. The van der Waals surface area contributed by atoms with Crippen LogP contribution in [0.15, 0.2) is 59.7 Å². The molecule has 2 aliphatic rings. The first kappa shape index (κ1) is 33.4. The van der Waals surface area contributed by atoms with E-state index in [2.05, 4.69) is 4.90 Å². The smallest absolute Gasteiger partial charge is 0.301 e. The molecular weight excluding hydrogens is 593 g/mol. The molecule has 8 nitrogen and oxygen atoms in total. The normalized spacial score (nSPS) is 17.0. The highest BCUT2D eigenvalue weighted by Crippen LogP contribution is 2.37. The quantitative estimate of drug-likeness (QED) is 0.210. The van der Waals surface area contributed by atoms with E-state index in [0.29, 0.717) is 50.7 Å². The molecule has 0 aromatic heterocycles. The average molecular weight is 631 g/mol. The number of sulfonamides is 1. The van der Waals surface area contributed by atoms with E-state index in [0.717, 1.165) is 55.2 Å². The molecule has 2 heterocycles. The first-order valence-electron chi connectivity index (χ1n) is 14.9. The van der Waals surface area contributed by atoms with Crippen LogP contribution in [0.5, 0.6) is 0 Å². The van der Waals surface area contributed by atoms with Crippen molar-refractivity contribution in [2.75, 3.05) is 37.6 Å². The van der Waals surface area contributed by atoms with E-state index in [9.17, 15) is 31.2 Å². The topological polar surface area (TPSA) is 102 Å². The van der Waals surface area contributed by atoms with Crippen LogP contribution >= 0.6 is 0 Å². The summed E-state index contributed by atoms with van der Waals surface area (Å²) >= 11 is 0. The minimum atomic E-state index is -4.79. The number of hydrogen-bond donors (Lipinski definition) is 0. The number of piperazine rings is 1. The van der Waals surface area contributed by atoms with Crippen molar-refractivity contribution in [2.45, 2.75) is 63.8 Å². The van der Waals surface area contributed by atoms with Crippen molar-refractivity contribution >= 4 is 27.5 Å². The lowest BCUT2D eigenvalue weighted by Crippen LogP contribution is -2.49. The summed E-state index contributed by atoms with van der Waals surface area (Å²) < 4.78 is 67.3. The van der Waals surface area contributed by atoms with Crippen molar-refractivity contribution in [1.82, 2.24) is 9.21 Å². The van der Waals surface area contributed by atoms with Gasteiger partial charge < -0.3 is 4.90 Å². The molecule has 0 spiro atoms. The van der Waals surface area contributed by atoms with Gasteiger partial charge in [-0.3, -0.25) is 9.59 Å². The lowest BCUT2D eigenvalue weighted by Gasteiger charge is -2.34. The van der Waals surface area contributed by atoms with Crippen molar-refractivity contribution in [3.63, 3.8) is 0 Å². The number of anilines is 1. The van der Waals surface area contributed by atoms with Gasteiger partial charge in [0.1, 0.15) is 0 Å². The predicted molar refractivity (Wildman–Crippen MR) is 161 cm³/mol. The molecule has 2 aliphatic heterocycles. The van der Waals surface area contributed by atoms with Gasteiger partial charge in [-0.1, -0.05) is 56.0 Å². The summed E-state index contributed by atoms with van der Waals surface area (Å²) in [4.78, 5) is 28.9. The highest BCUT2D eigenvalue weighted by atomic mass is 32.2. The molecule has 0 N–H and O–H groups in total. The second-order valence-electron chi connectivity index (χ2n) is 11.2. The van der Waals surface area contributed by atoms with E-state index < -0.39 is 39.1 Å². The second kappa shape index (κ2) is 14.5. The Morgan fingerprint density at radius 3 is 2.14 bits per heavy atom. The van der Waals surface area contributed by atoms with Gasteiger partial charge in [-0.25, -0.2) is 13.3 Å². The molecule has 236 valence electrons. The maximum atomic E-state index is 13.4. The van der Waals surface area contributed by atoms with Crippen LogP contribution in [-0.4, -0.2) is 62.2 Å². The van der Waals surface area contributed by atoms with Gasteiger partial charge in [0.2, 0.25) is 10.0 Å². The third kappa shape index (κ3) is 8.14. The molecule has 2 aromatic rings. The number of nitriles is 1. The highest BCUT2D eigenvalue weighted by molar-refractivity contribution is 7.88. The Hall–Kier alpha value is -3.53. The molecule has 2 amide bonds. The van der Waals surface area contributed by atoms with Gasteiger partial charge in [0.05, 0.1) is 28.6 Å². The number of amides is 2. The van der Waals surface area contributed by atoms with Gasteiger partial charge in [0.15, 0.2) is 0 Å². The molecule has 2 aromatic carbocycles. The Balaban J connectivity index is 1.14. The Morgan fingerprint density at radius 1 is 0.864 bits per heavy atom. The number of carbonyl (C=O) groups excluding carboxylic acids is 2. The van der Waals surface area contributed by atoms with Gasteiger partial charge in [0.25, 0.3) is 11.8 Å². The van der Waals surface area contributed by atoms with Crippen molar-refractivity contribution in [3.05, 3.63) is 76.4 Å². The molecule has 0 bridgehead atoms. The van der Waals surface area contributed by atoms with Crippen LogP contribution in [0, 0.1) is 11.3 Å². The third-order valence-electron chi connectivity index (χ3n) is 8.19.